The van der Waals surface area contributed by atoms with Crippen molar-refractivity contribution in [3.05, 3.63) is 18.0 Å². The van der Waals surface area contributed by atoms with E-state index in [1.807, 2.05) is 6.07 Å². The minimum absolute atomic E-state index is 0.0879. The molecular formula is C16H20F2N4O2. The topological polar surface area (TPSA) is 58.4 Å². The number of fused-ring (bicyclic) bond motifs is 1. The van der Waals surface area contributed by atoms with Crippen molar-refractivity contribution in [3.63, 3.8) is 0 Å². The summed E-state index contributed by atoms with van der Waals surface area (Å²) < 4.78 is 27.7. The van der Waals surface area contributed by atoms with Gasteiger partial charge < -0.3 is 9.80 Å². The van der Waals surface area contributed by atoms with Gasteiger partial charge in [0.15, 0.2) is 0 Å². The number of nitrogens with zero attached hydrogens (tertiary/aromatic N) is 4. The molecule has 3 atom stereocenters. The maximum absolute atomic E-state index is 13.0. The summed E-state index contributed by atoms with van der Waals surface area (Å²) in [6, 6.07) is 1.55. The Morgan fingerprint density at radius 1 is 1.33 bits per heavy atom. The molecule has 130 valence electrons. The molecule has 3 unspecified atom stereocenters. The quantitative estimate of drug-likeness (QED) is 0.834. The first-order valence-corrected chi connectivity index (χ1v) is 8.31. The number of amides is 2. The molecule has 0 aromatic carbocycles. The fourth-order valence-corrected chi connectivity index (χ4v) is 3.63. The fraction of sp³-hybridized carbons (Fsp3) is 0.688. The van der Waals surface area contributed by atoms with Gasteiger partial charge in [-0.15, -0.1) is 0 Å². The zero-order valence-electron chi connectivity index (χ0n) is 13.5. The van der Waals surface area contributed by atoms with E-state index in [1.165, 1.54) is 4.90 Å². The minimum atomic E-state index is -2.76. The molecule has 0 radical (unpaired) electrons. The van der Waals surface area contributed by atoms with Crippen LogP contribution in [0.2, 0.25) is 0 Å². The standard InChI is InChI=1S/C16H20F2N4O2/c1-10-4-13(10)15(24)20-6-11-2-3-19-22(11)12(7-20)5-14(23)21-8-16(17,18)9-21/h2-3,10,12-13H,4-9H2,1H3. The molecule has 3 heterocycles. The predicted octanol–water partition coefficient (Wildman–Crippen LogP) is 1.29. The third kappa shape index (κ3) is 2.67. The van der Waals surface area contributed by atoms with Crippen molar-refractivity contribution in [2.75, 3.05) is 19.6 Å². The first kappa shape index (κ1) is 15.5. The first-order valence-electron chi connectivity index (χ1n) is 8.31. The molecule has 1 aromatic rings. The van der Waals surface area contributed by atoms with E-state index in [2.05, 4.69) is 12.0 Å². The Labute approximate surface area is 138 Å². The number of rotatable bonds is 3. The molecule has 1 saturated heterocycles. The molecule has 0 N–H and O–H groups in total. The minimum Gasteiger partial charge on any atom is -0.334 e. The van der Waals surface area contributed by atoms with Crippen LogP contribution >= 0.6 is 0 Å². The number of likely N-dealkylation sites (tertiary alicyclic amines) is 1. The van der Waals surface area contributed by atoms with Crippen LogP contribution in [0.3, 0.4) is 0 Å². The molecule has 0 spiro atoms. The summed E-state index contributed by atoms with van der Waals surface area (Å²) in [6.07, 6.45) is 2.66. The molecule has 2 amide bonds. The Bertz CT molecular complexity index is 681. The van der Waals surface area contributed by atoms with Gasteiger partial charge in [-0.25, -0.2) is 8.78 Å². The van der Waals surface area contributed by atoms with Gasteiger partial charge in [0.1, 0.15) is 0 Å². The molecule has 6 nitrogen and oxygen atoms in total. The second kappa shape index (κ2) is 5.26. The number of carbonyl (C=O) groups excluding carboxylic acids is 2. The highest BCUT2D eigenvalue weighted by atomic mass is 19.3. The molecule has 1 saturated carbocycles. The van der Waals surface area contributed by atoms with Crippen LogP contribution in [0.1, 0.15) is 31.5 Å². The zero-order valence-corrected chi connectivity index (χ0v) is 13.5. The van der Waals surface area contributed by atoms with Gasteiger partial charge in [-0.1, -0.05) is 6.92 Å². The summed E-state index contributed by atoms with van der Waals surface area (Å²) in [5.41, 5.74) is 0.884. The maximum Gasteiger partial charge on any atom is 0.282 e. The highest BCUT2D eigenvalue weighted by Gasteiger charge is 2.47. The van der Waals surface area contributed by atoms with Crippen LogP contribution < -0.4 is 0 Å². The van der Waals surface area contributed by atoms with Crippen LogP contribution in [0.5, 0.6) is 0 Å². The molecular weight excluding hydrogens is 318 g/mol. The Hall–Kier alpha value is -1.99. The van der Waals surface area contributed by atoms with E-state index < -0.39 is 19.0 Å². The molecule has 2 aliphatic heterocycles. The highest BCUT2D eigenvalue weighted by Crippen LogP contribution is 2.40. The fourth-order valence-electron chi connectivity index (χ4n) is 3.63. The second-order valence-corrected chi connectivity index (χ2v) is 7.27. The monoisotopic (exact) mass is 338 g/mol. The second-order valence-electron chi connectivity index (χ2n) is 7.27. The van der Waals surface area contributed by atoms with Gasteiger partial charge in [0.05, 0.1) is 37.8 Å². The largest absolute Gasteiger partial charge is 0.334 e. The summed E-state index contributed by atoms with van der Waals surface area (Å²) in [6.45, 7) is 1.95. The Morgan fingerprint density at radius 3 is 2.67 bits per heavy atom. The Morgan fingerprint density at radius 2 is 2.04 bits per heavy atom. The summed E-state index contributed by atoms with van der Waals surface area (Å²) in [4.78, 5) is 27.7. The lowest BCUT2D eigenvalue weighted by molar-refractivity contribution is -0.166. The third-order valence-corrected chi connectivity index (χ3v) is 5.23. The van der Waals surface area contributed by atoms with Gasteiger partial charge in [0.2, 0.25) is 11.8 Å². The van der Waals surface area contributed by atoms with Crippen molar-refractivity contribution >= 4 is 11.8 Å². The SMILES string of the molecule is CC1CC1C(=O)N1Cc2ccnn2C(CC(=O)N2CC(F)(F)C2)C1. The zero-order chi connectivity index (χ0) is 17.1. The average molecular weight is 338 g/mol. The van der Waals surface area contributed by atoms with Gasteiger partial charge in [-0.3, -0.25) is 14.3 Å². The predicted molar refractivity (Wildman–Crippen MR) is 80.1 cm³/mol. The van der Waals surface area contributed by atoms with E-state index in [0.29, 0.717) is 19.0 Å². The smallest absolute Gasteiger partial charge is 0.282 e. The van der Waals surface area contributed by atoms with Crippen LogP contribution in [0.4, 0.5) is 8.78 Å². The van der Waals surface area contributed by atoms with Crippen LogP contribution in [0.15, 0.2) is 12.3 Å². The lowest BCUT2D eigenvalue weighted by Crippen LogP contribution is -2.59. The molecule has 1 aromatic heterocycles. The molecule has 8 heteroatoms. The Balaban J connectivity index is 1.46. The summed E-state index contributed by atoms with van der Waals surface area (Å²) in [5.74, 6) is -2.43. The van der Waals surface area contributed by atoms with Crippen LogP contribution in [-0.2, 0) is 16.1 Å². The van der Waals surface area contributed by atoms with E-state index in [4.69, 9.17) is 0 Å². The van der Waals surface area contributed by atoms with Crippen LogP contribution in [0.25, 0.3) is 0 Å². The lowest BCUT2D eigenvalue weighted by Gasteiger charge is -2.40. The number of alkyl halides is 2. The van der Waals surface area contributed by atoms with Crippen molar-refractivity contribution in [2.24, 2.45) is 11.8 Å². The highest BCUT2D eigenvalue weighted by molar-refractivity contribution is 5.82. The van der Waals surface area contributed by atoms with Crippen molar-refractivity contribution < 1.29 is 18.4 Å². The lowest BCUT2D eigenvalue weighted by atomic mass is 10.1. The molecule has 0 bridgehead atoms. The van der Waals surface area contributed by atoms with Crippen LogP contribution in [-0.4, -0.2) is 57.0 Å². The third-order valence-electron chi connectivity index (χ3n) is 5.23. The number of hydrogen-bond acceptors (Lipinski definition) is 3. The van der Waals surface area contributed by atoms with Crippen molar-refractivity contribution in [1.29, 1.82) is 0 Å². The maximum atomic E-state index is 13.0. The number of hydrogen-bond donors (Lipinski definition) is 0. The van der Waals surface area contributed by atoms with Crippen molar-refractivity contribution in [1.82, 2.24) is 19.6 Å². The van der Waals surface area contributed by atoms with Gasteiger partial charge in [-0.2, -0.15) is 5.10 Å². The Kier molecular flexibility index (Phi) is 3.40. The number of halogens is 2. The van der Waals surface area contributed by atoms with Crippen molar-refractivity contribution in [2.45, 2.75) is 38.3 Å². The molecule has 3 aliphatic rings. The van der Waals surface area contributed by atoms with E-state index in [9.17, 15) is 18.4 Å². The van der Waals surface area contributed by atoms with Crippen LogP contribution in [0, 0.1) is 11.8 Å². The summed E-state index contributed by atoms with van der Waals surface area (Å²) >= 11 is 0. The number of aromatic nitrogens is 2. The molecule has 24 heavy (non-hydrogen) atoms. The van der Waals surface area contributed by atoms with E-state index >= 15 is 0 Å². The molecule has 1 aliphatic carbocycles. The average Bonchev–Trinajstić information content (AvgIpc) is 3.03. The van der Waals surface area contributed by atoms with E-state index in [0.717, 1.165) is 12.1 Å². The van der Waals surface area contributed by atoms with Gasteiger partial charge >= 0.3 is 0 Å². The molecule has 4 rings (SSSR count). The first-order chi connectivity index (χ1) is 11.3. The van der Waals surface area contributed by atoms with Gasteiger partial charge in [0, 0.05) is 18.7 Å². The summed E-state index contributed by atoms with van der Waals surface area (Å²) in [5, 5.41) is 4.25. The van der Waals surface area contributed by atoms with Gasteiger partial charge in [0.25, 0.3) is 5.92 Å². The normalized spacial score (nSPS) is 30.5. The van der Waals surface area contributed by atoms with Gasteiger partial charge in [-0.05, 0) is 18.4 Å². The van der Waals surface area contributed by atoms with Crippen molar-refractivity contribution in [3.8, 4) is 0 Å². The van der Waals surface area contributed by atoms with E-state index in [-0.39, 0.29) is 30.2 Å². The number of carbonyl (C=O) groups is 2. The summed E-state index contributed by atoms with van der Waals surface area (Å²) in [7, 11) is 0. The molecule has 2 fully saturated rings. The van der Waals surface area contributed by atoms with E-state index in [1.54, 1.807) is 15.8 Å².